The van der Waals surface area contributed by atoms with E-state index in [-0.39, 0.29) is 11.3 Å². The van der Waals surface area contributed by atoms with E-state index in [0.717, 1.165) is 0 Å². The molecule has 2 rings (SSSR count). The van der Waals surface area contributed by atoms with Crippen LogP contribution in [0.1, 0.15) is 5.56 Å². The number of aromatic hydroxyl groups is 1. The first kappa shape index (κ1) is 15.1. The summed E-state index contributed by atoms with van der Waals surface area (Å²) < 4.78 is 5.03. The molecule has 0 saturated heterocycles. The van der Waals surface area contributed by atoms with Crippen molar-refractivity contribution in [3.8, 4) is 17.6 Å². The highest BCUT2D eigenvalue weighted by atomic mass is 16.5. The Bertz CT molecular complexity index is 743. The molecule has 0 unspecified atom stereocenters. The van der Waals surface area contributed by atoms with Crippen molar-refractivity contribution in [3.05, 3.63) is 59.7 Å². The molecule has 5 heteroatoms. The van der Waals surface area contributed by atoms with Crippen LogP contribution < -0.4 is 10.1 Å². The standard InChI is InChI=1S/C17H14N2O3/c1-22-15-8-6-14(7-9-15)19-17(21)13(11-18)10-12-4-2-3-5-16(12)20/h2-10,20H,1H3,(H,19,21)/b13-10+. The molecule has 0 aliphatic carbocycles. The molecule has 0 saturated carbocycles. The van der Waals surface area contributed by atoms with Crippen LogP contribution in [0.15, 0.2) is 54.1 Å². The lowest BCUT2D eigenvalue weighted by molar-refractivity contribution is -0.112. The molecule has 0 aliphatic rings. The molecule has 0 aliphatic heterocycles. The number of phenolic OH excluding ortho intramolecular Hbond substituents is 1. The summed E-state index contributed by atoms with van der Waals surface area (Å²) in [5.74, 6) is 0.131. The fourth-order valence-corrected chi connectivity index (χ4v) is 1.79. The van der Waals surface area contributed by atoms with Crippen LogP contribution in [0.3, 0.4) is 0 Å². The number of carbonyl (C=O) groups is 1. The van der Waals surface area contributed by atoms with Gasteiger partial charge in [0.15, 0.2) is 0 Å². The molecule has 2 aromatic carbocycles. The maximum atomic E-state index is 12.1. The average Bonchev–Trinajstić information content (AvgIpc) is 2.54. The third-order valence-corrected chi connectivity index (χ3v) is 2.95. The van der Waals surface area contributed by atoms with E-state index in [2.05, 4.69) is 5.32 Å². The number of amides is 1. The zero-order valence-electron chi connectivity index (χ0n) is 11.9. The normalized spacial score (nSPS) is 10.6. The van der Waals surface area contributed by atoms with Crippen molar-refractivity contribution in [2.75, 3.05) is 12.4 Å². The van der Waals surface area contributed by atoms with Gasteiger partial charge in [-0.1, -0.05) is 18.2 Å². The van der Waals surface area contributed by atoms with Crippen LogP contribution in [-0.2, 0) is 4.79 Å². The van der Waals surface area contributed by atoms with Gasteiger partial charge < -0.3 is 15.2 Å². The van der Waals surface area contributed by atoms with Gasteiger partial charge in [0.05, 0.1) is 7.11 Å². The van der Waals surface area contributed by atoms with Crippen LogP contribution in [0.25, 0.3) is 6.08 Å². The molecule has 110 valence electrons. The molecule has 0 aromatic heterocycles. The molecule has 2 aromatic rings. The van der Waals surface area contributed by atoms with E-state index in [1.165, 1.54) is 12.1 Å². The van der Waals surface area contributed by atoms with E-state index < -0.39 is 5.91 Å². The van der Waals surface area contributed by atoms with Crippen LogP contribution >= 0.6 is 0 Å². The van der Waals surface area contributed by atoms with Crippen molar-refractivity contribution < 1.29 is 14.6 Å². The van der Waals surface area contributed by atoms with Gasteiger partial charge in [-0.2, -0.15) is 5.26 Å². The maximum Gasteiger partial charge on any atom is 0.266 e. The van der Waals surface area contributed by atoms with Crippen LogP contribution in [0.5, 0.6) is 11.5 Å². The zero-order valence-corrected chi connectivity index (χ0v) is 11.9. The number of rotatable bonds is 4. The van der Waals surface area contributed by atoms with Crippen molar-refractivity contribution in [2.24, 2.45) is 0 Å². The summed E-state index contributed by atoms with van der Waals surface area (Å²) in [6.07, 6.45) is 1.34. The van der Waals surface area contributed by atoms with Crippen molar-refractivity contribution in [2.45, 2.75) is 0 Å². The largest absolute Gasteiger partial charge is 0.507 e. The fraction of sp³-hybridized carbons (Fsp3) is 0.0588. The van der Waals surface area contributed by atoms with Crippen molar-refractivity contribution in [1.82, 2.24) is 0 Å². The SMILES string of the molecule is COc1ccc(NC(=O)/C(C#N)=C/c2ccccc2O)cc1. The van der Waals surface area contributed by atoms with E-state index in [9.17, 15) is 9.90 Å². The van der Waals surface area contributed by atoms with Crippen LogP contribution in [0, 0.1) is 11.3 Å². The molecule has 0 fully saturated rings. The van der Waals surface area contributed by atoms with Gasteiger partial charge in [0, 0.05) is 11.3 Å². The number of carbonyl (C=O) groups excluding carboxylic acids is 1. The lowest BCUT2D eigenvalue weighted by Gasteiger charge is -2.06. The zero-order chi connectivity index (χ0) is 15.9. The average molecular weight is 294 g/mol. The number of para-hydroxylation sites is 1. The van der Waals surface area contributed by atoms with Crippen molar-refractivity contribution in [1.29, 1.82) is 5.26 Å². The molecule has 5 nitrogen and oxygen atoms in total. The van der Waals surface area contributed by atoms with Gasteiger partial charge in [0.2, 0.25) is 0 Å². The Morgan fingerprint density at radius 1 is 1.23 bits per heavy atom. The number of nitrogens with zero attached hydrogens (tertiary/aromatic N) is 1. The Morgan fingerprint density at radius 2 is 1.91 bits per heavy atom. The number of anilines is 1. The summed E-state index contributed by atoms with van der Waals surface area (Å²) >= 11 is 0. The van der Waals surface area contributed by atoms with E-state index in [1.807, 2.05) is 6.07 Å². The molecule has 0 heterocycles. The molecule has 0 atom stereocenters. The summed E-state index contributed by atoms with van der Waals surface area (Å²) in [7, 11) is 1.55. The second-order valence-electron chi connectivity index (χ2n) is 4.41. The highest BCUT2D eigenvalue weighted by Gasteiger charge is 2.10. The number of nitrogens with one attached hydrogen (secondary N) is 1. The highest BCUT2D eigenvalue weighted by Crippen LogP contribution is 2.20. The lowest BCUT2D eigenvalue weighted by atomic mass is 10.1. The van der Waals surface area contributed by atoms with Crippen molar-refractivity contribution >= 4 is 17.7 Å². The topological polar surface area (TPSA) is 82.3 Å². The third kappa shape index (κ3) is 3.64. The van der Waals surface area contributed by atoms with Gasteiger partial charge in [-0.05, 0) is 36.4 Å². The number of phenols is 1. The van der Waals surface area contributed by atoms with E-state index in [4.69, 9.17) is 10.00 Å². The third-order valence-electron chi connectivity index (χ3n) is 2.95. The molecule has 22 heavy (non-hydrogen) atoms. The minimum absolute atomic E-state index is 0.00694. The highest BCUT2D eigenvalue weighted by molar-refractivity contribution is 6.09. The fourth-order valence-electron chi connectivity index (χ4n) is 1.79. The van der Waals surface area contributed by atoms with Crippen LogP contribution in [0.4, 0.5) is 5.69 Å². The second-order valence-corrected chi connectivity index (χ2v) is 4.41. The first-order valence-corrected chi connectivity index (χ1v) is 6.49. The summed E-state index contributed by atoms with van der Waals surface area (Å²) in [6, 6.07) is 15.1. The lowest BCUT2D eigenvalue weighted by Crippen LogP contribution is -2.13. The minimum Gasteiger partial charge on any atom is -0.507 e. The Morgan fingerprint density at radius 3 is 2.50 bits per heavy atom. The monoisotopic (exact) mass is 294 g/mol. The molecule has 2 N–H and O–H groups in total. The molecule has 0 bridgehead atoms. The molecule has 1 amide bonds. The van der Waals surface area contributed by atoms with E-state index in [0.29, 0.717) is 17.0 Å². The van der Waals surface area contributed by atoms with Gasteiger partial charge in [-0.3, -0.25) is 4.79 Å². The van der Waals surface area contributed by atoms with E-state index in [1.54, 1.807) is 49.6 Å². The molecule has 0 spiro atoms. The number of nitriles is 1. The number of hydrogen-bond acceptors (Lipinski definition) is 4. The van der Waals surface area contributed by atoms with Gasteiger partial charge >= 0.3 is 0 Å². The number of hydrogen-bond donors (Lipinski definition) is 2. The van der Waals surface area contributed by atoms with Crippen LogP contribution in [-0.4, -0.2) is 18.1 Å². The van der Waals surface area contributed by atoms with Gasteiger partial charge in [0.1, 0.15) is 23.1 Å². The summed E-state index contributed by atoms with van der Waals surface area (Å²) in [5, 5.41) is 21.4. The Balaban J connectivity index is 2.19. The quantitative estimate of drug-likeness (QED) is 0.671. The smallest absolute Gasteiger partial charge is 0.266 e. The van der Waals surface area contributed by atoms with Crippen LogP contribution in [0.2, 0.25) is 0 Å². The maximum absolute atomic E-state index is 12.1. The summed E-state index contributed by atoms with van der Waals surface area (Å²) in [5.41, 5.74) is 0.852. The predicted octanol–water partition coefficient (Wildman–Crippen LogP) is 2.95. The molecular formula is C17H14N2O3. The van der Waals surface area contributed by atoms with Gasteiger partial charge in [0.25, 0.3) is 5.91 Å². The first-order valence-electron chi connectivity index (χ1n) is 6.49. The summed E-state index contributed by atoms with van der Waals surface area (Å²) in [6.45, 7) is 0. The number of ether oxygens (including phenoxy) is 1. The second kappa shape index (κ2) is 6.95. The predicted molar refractivity (Wildman–Crippen MR) is 83.3 cm³/mol. The summed E-state index contributed by atoms with van der Waals surface area (Å²) in [4.78, 5) is 12.1. The Labute approximate surface area is 128 Å². The number of benzene rings is 2. The minimum atomic E-state index is -0.545. The van der Waals surface area contributed by atoms with Crippen molar-refractivity contribution in [3.63, 3.8) is 0 Å². The van der Waals surface area contributed by atoms with Gasteiger partial charge in [-0.25, -0.2) is 0 Å². The Hall–Kier alpha value is -3.26. The Kier molecular flexibility index (Phi) is 4.78. The number of methoxy groups -OCH3 is 1. The molecule has 0 radical (unpaired) electrons. The molecular weight excluding hydrogens is 280 g/mol. The first-order chi connectivity index (χ1) is 10.6. The van der Waals surface area contributed by atoms with E-state index >= 15 is 0 Å². The van der Waals surface area contributed by atoms with Gasteiger partial charge in [-0.15, -0.1) is 0 Å².